The number of rotatable bonds is 3. The highest BCUT2D eigenvalue weighted by Gasteiger charge is 2.16. The molecule has 1 aliphatic heterocycles. The second-order valence-corrected chi connectivity index (χ2v) is 5.97. The summed E-state index contributed by atoms with van der Waals surface area (Å²) in [5.74, 6) is 1.05. The molecule has 1 saturated carbocycles. The maximum atomic E-state index is 6.18. The van der Waals surface area contributed by atoms with E-state index < -0.39 is 0 Å². The lowest BCUT2D eigenvalue weighted by Crippen LogP contribution is -2.27. The van der Waals surface area contributed by atoms with Crippen LogP contribution in [0.5, 0.6) is 5.75 Å². The Bertz CT molecular complexity index is 407. The SMILES string of the molecule is c1cc(OC2CCCCC2)cc(N2CCCNCC2)c1. The first-order valence-corrected chi connectivity index (χ1v) is 8.14. The topological polar surface area (TPSA) is 24.5 Å². The number of anilines is 1. The Morgan fingerprint density at radius 3 is 2.80 bits per heavy atom. The average Bonchev–Trinajstić information content (AvgIpc) is 2.78. The van der Waals surface area contributed by atoms with Gasteiger partial charge in [-0.25, -0.2) is 0 Å². The summed E-state index contributed by atoms with van der Waals surface area (Å²) in [5.41, 5.74) is 1.31. The predicted octanol–water partition coefficient (Wildman–Crippen LogP) is 3.20. The van der Waals surface area contributed by atoms with Crippen molar-refractivity contribution in [2.75, 3.05) is 31.1 Å². The summed E-state index contributed by atoms with van der Waals surface area (Å²) in [4.78, 5) is 2.47. The predicted molar refractivity (Wildman–Crippen MR) is 83.6 cm³/mol. The molecular weight excluding hydrogens is 248 g/mol. The second-order valence-electron chi connectivity index (χ2n) is 5.97. The molecule has 0 unspecified atom stereocenters. The van der Waals surface area contributed by atoms with Crippen molar-refractivity contribution in [2.45, 2.75) is 44.6 Å². The minimum Gasteiger partial charge on any atom is -0.490 e. The van der Waals surface area contributed by atoms with E-state index in [-0.39, 0.29) is 0 Å². The average molecular weight is 274 g/mol. The van der Waals surface area contributed by atoms with E-state index >= 15 is 0 Å². The highest BCUT2D eigenvalue weighted by atomic mass is 16.5. The van der Waals surface area contributed by atoms with Crippen molar-refractivity contribution in [3.05, 3.63) is 24.3 Å². The molecule has 1 heterocycles. The highest BCUT2D eigenvalue weighted by Crippen LogP contribution is 2.26. The summed E-state index contributed by atoms with van der Waals surface area (Å²) in [6.07, 6.45) is 8.11. The van der Waals surface area contributed by atoms with Crippen molar-refractivity contribution >= 4 is 5.69 Å². The van der Waals surface area contributed by atoms with Gasteiger partial charge >= 0.3 is 0 Å². The van der Waals surface area contributed by atoms with Gasteiger partial charge in [0.25, 0.3) is 0 Å². The van der Waals surface area contributed by atoms with Crippen LogP contribution in [-0.2, 0) is 0 Å². The summed E-state index contributed by atoms with van der Waals surface area (Å²) in [6, 6.07) is 8.67. The molecule has 0 radical (unpaired) electrons. The molecule has 0 bridgehead atoms. The number of benzene rings is 1. The third-order valence-corrected chi connectivity index (χ3v) is 4.38. The van der Waals surface area contributed by atoms with Crippen LogP contribution in [-0.4, -0.2) is 32.3 Å². The molecule has 1 N–H and O–H groups in total. The fourth-order valence-electron chi connectivity index (χ4n) is 3.23. The molecule has 0 amide bonds. The molecule has 3 heteroatoms. The maximum absolute atomic E-state index is 6.18. The summed E-state index contributed by atoms with van der Waals surface area (Å²) < 4.78 is 6.18. The van der Waals surface area contributed by atoms with Gasteiger partial charge in [-0.05, 0) is 50.8 Å². The van der Waals surface area contributed by atoms with E-state index in [1.807, 2.05) is 0 Å². The fraction of sp³-hybridized carbons (Fsp3) is 0.647. The van der Waals surface area contributed by atoms with Crippen LogP contribution in [0.4, 0.5) is 5.69 Å². The van der Waals surface area contributed by atoms with Gasteiger partial charge in [-0.1, -0.05) is 12.5 Å². The third-order valence-electron chi connectivity index (χ3n) is 4.38. The number of nitrogens with one attached hydrogen (secondary N) is 1. The molecule has 110 valence electrons. The monoisotopic (exact) mass is 274 g/mol. The summed E-state index contributed by atoms with van der Waals surface area (Å²) in [7, 11) is 0. The van der Waals surface area contributed by atoms with Crippen molar-refractivity contribution in [2.24, 2.45) is 0 Å². The number of hydrogen-bond acceptors (Lipinski definition) is 3. The number of ether oxygens (including phenoxy) is 1. The third kappa shape index (κ3) is 3.66. The molecule has 3 rings (SSSR count). The van der Waals surface area contributed by atoms with Gasteiger partial charge in [0.2, 0.25) is 0 Å². The van der Waals surface area contributed by atoms with Gasteiger partial charge in [-0.15, -0.1) is 0 Å². The minimum absolute atomic E-state index is 0.435. The van der Waals surface area contributed by atoms with Gasteiger partial charge in [-0.3, -0.25) is 0 Å². The lowest BCUT2D eigenvalue weighted by molar-refractivity contribution is 0.155. The molecule has 1 aromatic carbocycles. The van der Waals surface area contributed by atoms with Crippen LogP contribution in [0.1, 0.15) is 38.5 Å². The van der Waals surface area contributed by atoms with Gasteiger partial charge in [0, 0.05) is 31.4 Å². The van der Waals surface area contributed by atoms with E-state index in [2.05, 4.69) is 34.5 Å². The summed E-state index contributed by atoms with van der Waals surface area (Å²) in [5, 5.41) is 3.45. The Kier molecular flexibility index (Phi) is 4.80. The van der Waals surface area contributed by atoms with Gasteiger partial charge in [0.05, 0.1) is 6.10 Å². The molecule has 0 atom stereocenters. The van der Waals surface area contributed by atoms with Crippen LogP contribution in [0.25, 0.3) is 0 Å². The van der Waals surface area contributed by atoms with Crippen molar-refractivity contribution in [1.82, 2.24) is 5.32 Å². The van der Waals surface area contributed by atoms with Crippen molar-refractivity contribution in [3.8, 4) is 5.75 Å². The molecule has 3 nitrogen and oxygen atoms in total. The first-order chi connectivity index (χ1) is 9.92. The molecule has 1 aromatic rings. The zero-order valence-corrected chi connectivity index (χ0v) is 12.3. The van der Waals surface area contributed by atoms with E-state index in [9.17, 15) is 0 Å². The normalized spacial score (nSPS) is 21.5. The number of nitrogens with zero attached hydrogens (tertiary/aromatic N) is 1. The van der Waals surface area contributed by atoms with Crippen LogP contribution in [0.3, 0.4) is 0 Å². The van der Waals surface area contributed by atoms with E-state index in [1.165, 1.54) is 44.2 Å². The molecule has 2 fully saturated rings. The fourth-order valence-corrected chi connectivity index (χ4v) is 3.23. The number of hydrogen-bond donors (Lipinski definition) is 1. The second kappa shape index (κ2) is 6.98. The van der Waals surface area contributed by atoms with Gasteiger partial charge in [-0.2, -0.15) is 0 Å². The summed E-state index contributed by atoms with van der Waals surface area (Å²) in [6.45, 7) is 4.44. The summed E-state index contributed by atoms with van der Waals surface area (Å²) >= 11 is 0. The van der Waals surface area contributed by atoms with E-state index in [4.69, 9.17) is 4.74 Å². The Hall–Kier alpha value is -1.22. The molecule has 1 saturated heterocycles. The Labute approximate surface area is 122 Å². The minimum atomic E-state index is 0.435. The zero-order valence-electron chi connectivity index (χ0n) is 12.3. The Balaban J connectivity index is 1.65. The van der Waals surface area contributed by atoms with Crippen LogP contribution in [0, 0.1) is 0 Å². The van der Waals surface area contributed by atoms with Crippen molar-refractivity contribution in [1.29, 1.82) is 0 Å². The Morgan fingerprint density at radius 1 is 1.00 bits per heavy atom. The largest absolute Gasteiger partial charge is 0.490 e. The lowest BCUT2D eigenvalue weighted by atomic mass is 9.98. The van der Waals surface area contributed by atoms with Crippen LogP contribution >= 0.6 is 0 Å². The quantitative estimate of drug-likeness (QED) is 0.916. The van der Waals surface area contributed by atoms with Crippen molar-refractivity contribution in [3.63, 3.8) is 0 Å². The highest BCUT2D eigenvalue weighted by molar-refractivity contribution is 5.51. The van der Waals surface area contributed by atoms with Crippen LogP contribution in [0.2, 0.25) is 0 Å². The molecule has 0 aromatic heterocycles. The first-order valence-electron chi connectivity index (χ1n) is 8.14. The Morgan fingerprint density at radius 2 is 1.90 bits per heavy atom. The van der Waals surface area contributed by atoms with Gasteiger partial charge < -0.3 is 15.0 Å². The zero-order chi connectivity index (χ0) is 13.6. The van der Waals surface area contributed by atoms with E-state index in [1.54, 1.807) is 0 Å². The van der Waals surface area contributed by atoms with Crippen molar-refractivity contribution < 1.29 is 4.74 Å². The van der Waals surface area contributed by atoms with Crippen LogP contribution < -0.4 is 15.0 Å². The standard InChI is InChI=1S/C17H26N2O/c1-2-7-16(8-3-1)20-17-9-4-6-15(14-17)19-12-5-10-18-11-13-19/h4,6,9,14,16,18H,1-3,5,7-8,10-13H2. The smallest absolute Gasteiger partial charge is 0.121 e. The molecule has 0 spiro atoms. The maximum Gasteiger partial charge on any atom is 0.121 e. The van der Waals surface area contributed by atoms with E-state index in [0.29, 0.717) is 6.10 Å². The van der Waals surface area contributed by atoms with Gasteiger partial charge in [0.1, 0.15) is 5.75 Å². The molecule has 2 aliphatic rings. The molecule has 1 aliphatic carbocycles. The molecular formula is C17H26N2O. The van der Waals surface area contributed by atoms with Crippen LogP contribution in [0.15, 0.2) is 24.3 Å². The molecule has 20 heavy (non-hydrogen) atoms. The van der Waals surface area contributed by atoms with Gasteiger partial charge in [0.15, 0.2) is 0 Å². The first kappa shape index (κ1) is 13.7. The lowest BCUT2D eigenvalue weighted by Gasteiger charge is -2.25. The van der Waals surface area contributed by atoms with E-state index in [0.717, 1.165) is 31.9 Å².